The third kappa shape index (κ3) is 4.29. The lowest BCUT2D eigenvalue weighted by Crippen LogP contribution is -2.40. The number of hydrogen-bond donors (Lipinski definition) is 3. The SMILES string of the molecule is Cc1cc(C)n(-c2ccc(NC(=O)NC(C)C(C)CO)cn2)n1. The monoisotopic (exact) mass is 317 g/mol. The lowest BCUT2D eigenvalue weighted by molar-refractivity contribution is 0.204. The predicted molar refractivity (Wildman–Crippen MR) is 88.7 cm³/mol. The average Bonchev–Trinajstić information content (AvgIpc) is 2.85. The average molecular weight is 317 g/mol. The van der Waals surface area contributed by atoms with Gasteiger partial charge in [0.2, 0.25) is 0 Å². The first kappa shape index (κ1) is 17.0. The van der Waals surface area contributed by atoms with E-state index in [0.29, 0.717) is 11.5 Å². The fraction of sp³-hybridized carbons (Fsp3) is 0.438. The Kier molecular flexibility index (Phi) is 5.33. The van der Waals surface area contributed by atoms with Gasteiger partial charge >= 0.3 is 6.03 Å². The first-order chi connectivity index (χ1) is 10.9. The van der Waals surface area contributed by atoms with E-state index in [0.717, 1.165) is 11.4 Å². The van der Waals surface area contributed by atoms with Gasteiger partial charge in [-0.05, 0) is 44.9 Å². The van der Waals surface area contributed by atoms with Gasteiger partial charge in [-0.15, -0.1) is 0 Å². The van der Waals surface area contributed by atoms with Crippen LogP contribution in [0.4, 0.5) is 10.5 Å². The summed E-state index contributed by atoms with van der Waals surface area (Å²) in [5.74, 6) is 0.691. The van der Waals surface area contributed by atoms with Crippen LogP contribution in [0.2, 0.25) is 0 Å². The molecule has 2 rings (SSSR count). The molecule has 0 aliphatic heterocycles. The number of aryl methyl sites for hydroxylation is 2. The van der Waals surface area contributed by atoms with Crippen LogP contribution in [0.25, 0.3) is 5.82 Å². The predicted octanol–water partition coefficient (Wildman–Crippen LogP) is 2.02. The number of pyridine rings is 1. The first-order valence-corrected chi connectivity index (χ1v) is 7.58. The van der Waals surface area contributed by atoms with Crippen LogP contribution < -0.4 is 10.6 Å². The van der Waals surface area contributed by atoms with E-state index in [-0.39, 0.29) is 24.6 Å². The number of anilines is 1. The van der Waals surface area contributed by atoms with Crippen LogP contribution in [-0.2, 0) is 0 Å². The number of carbonyl (C=O) groups is 1. The van der Waals surface area contributed by atoms with Crippen molar-refractivity contribution >= 4 is 11.7 Å². The van der Waals surface area contributed by atoms with Crippen LogP contribution in [-0.4, -0.2) is 38.6 Å². The summed E-state index contributed by atoms with van der Waals surface area (Å²) in [4.78, 5) is 16.2. The van der Waals surface area contributed by atoms with Crippen molar-refractivity contribution in [3.05, 3.63) is 35.8 Å². The van der Waals surface area contributed by atoms with Crippen LogP contribution in [0.5, 0.6) is 0 Å². The van der Waals surface area contributed by atoms with Crippen LogP contribution in [0.3, 0.4) is 0 Å². The minimum Gasteiger partial charge on any atom is -0.396 e. The maximum atomic E-state index is 11.9. The van der Waals surface area contributed by atoms with Gasteiger partial charge in [-0.2, -0.15) is 5.10 Å². The summed E-state index contributed by atoms with van der Waals surface area (Å²) in [5, 5.41) is 19.0. The van der Waals surface area contributed by atoms with Gasteiger partial charge in [0.15, 0.2) is 5.82 Å². The Hall–Kier alpha value is -2.41. The molecule has 0 saturated carbocycles. The number of amides is 2. The molecule has 2 atom stereocenters. The second kappa shape index (κ2) is 7.23. The van der Waals surface area contributed by atoms with E-state index in [1.165, 1.54) is 0 Å². The molecule has 0 fully saturated rings. The number of urea groups is 1. The second-order valence-electron chi connectivity index (χ2n) is 5.79. The number of nitrogens with one attached hydrogen (secondary N) is 2. The van der Waals surface area contributed by atoms with Crippen LogP contribution in [0.15, 0.2) is 24.4 Å². The van der Waals surface area contributed by atoms with Crippen LogP contribution in [0.1, 0.15) is 25.2 Å². The van der Waals surface area contributed by atoms with Gasteiger partial charge in [0.1, 0.15) is 0 Å². The molecule has 2 unspecified atom stereocenters. The quantitative estimate of drug-likeness (QED) is 0.786. The Morgan fingerprint density at radius 2 is 2.09 bits per heavy atom. The van der Waals surface area contributed by atoms with E-state index in [9.17, 15) is 4.79 Å². The highest BCUT2D eigenvalue weighted by Crippen LogP contribution is 2.12. The molecule has 7 heteroatoms. The number of hydrogen-bond acceptors (Lipinski definition) is 4. The lowest BCUT2D eigenvalue weighted by atomic mass is 10.1. The van der Waals surface area contributed by atoms with Crippen molar-refractivity contribution in [2.75, 3.05) is 11.9 Å². The number of aromatic nitrogens is 3. The summed E-state index contributed by atoms with van der Waals surface area (Å²) < 4.78 is 1.75. The van der Waals surface area contributed by atoms with Gasteiger partial charge in [0.25, 0.3) is 0 Å². The normalized spacial score (nSPS) is 13.4. The van der Waals surface area contributed by atoms with E-state index < -0.39 is 0 Å². The van der Waals surface area contributed by atoms with E-state index in [1.807, 2.05) is 33.8 Å². The summed E-state index contributed by atoms with van der Waals surface area (Å²) in [6, 6.07) is 5.11. The summed E-state index contributed by atoms with van der Waals surface area (Å²) >= 11 is 0. The standard InChI is InChI=1S/C16H23N5O2/c1-10(9-22)13(4)18-16(23)19-14-5-6-15(17-8-14)21-12(3)7-11(2)20-21/h5-8,10,13,22H,9H2,1-4H3,(H2,18,19,23). The van der Waals surface area contributed by atoms with Gasteiger partial charge in [-0.25, -0.2) is 14.5 Å². The molecule has 2 aromatic rings. The van der Waals surface area contributed by atoms with Crippen molar-refractivity contribution in [3.8, 4) is 5.82 Å². The zero-order valence-corrected chi connectivity index (χ0v) is 13.9. The molecule has 0 spiro atoms. The van der Waals surface area contributed by atoms with Crippen molar-refractivity contribution in [2.24, 2.45) is 5.92 Å². The molecule has 2 heterocycles. The Bertz CT molecular complexity index is 666. The molecule has 124 valence electrons. The molecule has 23 heavy (non-hydrogen) atoms. The third-order valence-corrected chi connectivity index (χ3v) is 3.73. The molecule has 0 aliphatic rings. The maximum absolute atomic E-state index is 11.9. The number of aliphatic hydroxyl groups is 1. The molecule has 3 N–H and O–H groups in total. The first-order valence-electron chi connectivity index (χ1n) is 7.58. The Labute approximate surface area is 135 Å². The van der Waals surface area contributed by atoms with Crippen molar-refractivity contribution in [2.45, 2.75) is 33.7 Å². The van der Waals surface area contributed by atoms with Crippen molar-refractivity contribution < 1.29 is 9.90 Å². The minimum atomic E-state index is -0.321. The molecule has 0 aromatic carbocycles. The third-order valence-electron chi connectivity index (χ3n) is 3.73. The smallest absolute Gasteiger partial charge is 0.319 e. The number of carbonyl (C=O) groups excluding carboxylic acids is 1. The van der Waals surface area contributed by atoms with Gasteiger partial charge in [-0.1, -0.05) is 6.92 Å². The summed E-state index contributed by atoms with van der Waals surface area (Å²) in [7, 11) is 0. The largest absolute Gasteiger partial charge is 0.396 e. The topological polar surface area (TPSA) is 92.1 Å². The molecule has 0 radical (unpaired) electrons. The molecule has 0 aliphatic carbocycles. The van der Waals surface area contributed by atoms with E-state index >= 15 is 0 Å². The lowest BCUT2D eigenvalue weighted by Gasteiger charge is -2.19. The fourth-order valence-corrected chi connectivity index (χ4v) is 2.12. The molecule has 0 saturated heterocycles. The van der Waals surface area contributed by atoms with Crippen LogP contribution >= 0.6 is 0 Å². The Balaban J connectivity index is 2.00. The molecular weight excluding hydrogens is 294 g/mol. The summed E-state index contributed by atoms with van der Waals surface area (Å²) in [6.45, 7) is 7.64. The van der Waals surface area contributed by atoms with E-state index in [1.54, 1.807) is 23.0 Å². The molecule has 2 amide bonds. The summed E-state index contributed by atoms with van der Waals surface area (Å²) in [6.07, 6.45) is 1.59. The maximum Gasteiger partial charge on any atom is 0.319 e. The van der Waals surface area contributed by atoms with Gasteiger partial charge in [0, 0.05) is 18.3 Å². The van der Waals surface area contributed by atoms with Gasteiger partial charge < -0.3 is 15.7 Å². The molecule has 7 nitrogen and oxygen atoms in total. The zero-order valence-electron chi connectivity index (χ0n) is 13.9. The highest BCUT2D eigenvalue weighted by molar-refractivity contribution is 5.89. The van der Waals surface area contributed by atoms with Crippen molar-refractivity contribution in [1.82, 2.24) is 20.1 Å². The number of aliphatic hydroxyl groups excluding tert-OH is 1. The fourth-order valence-electron chi connectivity index (χ4n) is 2.12. The Morgan fingerprint density at radius 1 is 1.35 bits per heavy atom. The van der Waals surface area contributed by atoms with Crippen LogP contribution in [0, 0.1) is 19.8 Å². The van der Waals surface area contributed by atoms with Crippen molar-refractivity contribution in [1.29, 1.82) is 0 Å². The van der Waals surface area contributed by atoms with Crippen molar-refractivity contribution in [3.63, 3.8) is 0 Å². The minimum absolute atomic E-state index is 0.00715. The summed E-state index contributed by atoms with van der Waals surface area (Å²) in [5.41, 5.74) is 2.52. The molecular formula is C16H23N5O2. The molecule has 0 bridgehead atoms. The highest BCUT2D eigenvalue weighted by Gasteiger charge is 2.14. The van der Waals surface area contributed by atoms with E-state index in [4.69, 9.17) is 5.11 Å². The number of nitrogens with zero attached hydrogens (tertiary/aromatic N) is 3. The molecule has 2 aromatic heterocycles. The second-order valence-corrected chi connectivity index (χ2v) is 5.79. The van der Waals surface area contributed by atoms with Gasteiger partial charge in [0.05, 0.1) is 17.6 Å². The van der Waals surface area contributed by atoms with Gasteiger partial charge in [-0.3, -0.25) is 0 Å². The number of rotatable bonds is 5. The Morgan fingerprint density at radius 3 is 2.61 bits per heavy atom. The zero-order chi connectivity index (χ0) is 17.0. The van der Waals surface area contributed by atoms with E-state index in [2.05, 4.69) is 20.7 Å². The highest BCUT2D eigenvalue weighted by atomic mass is 16.3.